The number of aromatic nitrogens is 3. The molecule has 0 aliphatic carbocycles. The molecule has 0 fully saturated rings. The summed E-state index contributed by atoms with van der Waals surface area (Å²) in [6.07, 6.45) is 3.07. The van der Waals surface area contributed by atoms with E-state index in [2.05, 4.69) is 20.3 Å². The number of anilines is 2. The van der Waals surface area contributed by atoms with Crippen LogP contribution in [0.3, 0.4) is 0 Å². The van der Waals surface area contributed by atoms with E-state index in [1.807, 2.05) is 0 Å². The van der Waals surface area contributed by atoms with Crippen molar-refractivity contribution in [3.63, 3.8) is 0 Å². The van der Waals surface area contributed by atoms with Crippen molar-refractivity contribution in [2.45, 2.75) is 20.1 Å². The van der Waals surface area contributed by atoms with Crippen LogP contribution in [0.5, 0.6) is 0 Å². The second kappa shape index (κ2) is 6.76. The molecule has 9 nitrogen and oxygen atoms in total. The fraction of sp³-hybridized carbons (Fsp3) is 0.308. The van der Waals surface area contributed by atoms with Gasteiger partial charge in [-0.2, -0.15) is 0 Å². The van der Waals surface area contributed by atoms with Crippen LogP contribution in [0.25, 0.3) is 0 Å². The van der Waals surface area contributed by atoms with Gasteiger partial charge in [-0.05, 0) is 13.0 Å². The molecule has 0 saturated heterocycles. The van der Waals surface area contributed by atoms with Crippen LogP contribution in [0.4, 0.5) is 17.3 Å². The number of pyridine rings is 1. The van der Waals surface area contributed by atoms with E-state index >= 15 is 0 Å². The Bertz CT molecular complexity index is 691. The van der Waals surface area contributed by atoms with Gasteiger partial charge < -0.3 is 15.8 Å². The molecule has 0 spiro atoms. The van der Waals surface area contributed by atoms with Crippen LogP contribution in [0.2, 0.25) is 0 Å². The van der Waals surface area contributed by atoms with Crippen molar-refractivity contribution in [2.24, 2.45) is 0 Å². The number of hydrogen-bond acceptors (Lipinski definition) is 8. The van der Waals surface area contributed by atoms with Crippen LogP contribution in [0, 0.1) is 17.0 Å². The number of ether oxygens (including phenoxy) is 1. The molecule has 0 amide bonds. The van der Waals surface area contributed by atoms with E-state index in [1.54, 1.807) is 19.2 Å². The summed E-state index contributed by atoms with van der Waals surface area (Å²) in [5.74, 6) is 0.957. The van der Waals surface area contributed by atoms with Crippen LogP contribution in [0.15, 0.2) is 18.5 Å². The minimum atomic E-state index is -0.466. The number of nitro groups is 1. The van der Waals surface area contributed by atoms with Gasteiger partial charge in [-0.3, -0.25) is 10.1 Å². The van der Waals surface area contributed by atoms with Crippen LogP contribution < -0.4 is 11.1 Å². The molecule has 9 heteroatoms. The first-order valence-corrected chi connectivity index (χ1v) is 6.46. The highest BCUT2D eigenvalue weighted by molar-refractivity contribution is 5.60. The first-order chi connectivity index (χ1) is 10.5. The lowest BCUT2D eigenvalue weighted by atomic mass is 10.2. The van der Waals surface area contributed by atoms with Gasteiger partial charge in [0.25, 0.3) is 0 Å². The Morgan fingerprint density at radius 1 is 1.45 bits per heavy atom. The fourth-order valence-electron chi connectivity index (χ4n) is 1.88. The maximum Gasteiger partial charge on any atom is 0.314 e. The van der Waals surface area contributed by atoms with Crippen molar-refractivity contribution in [3.05, 3.63) is 45.5 Å². The minimum absolute atomic E-state index is 0.0574. The monoisotopic (exact) mass is 304 g/mol. The van der Waals surface area contributed by atoms with Crippen LogP contribution in [0.1, 0.15) is 17.0 Å². The summed E-state index contributed by atoms with van der Waals surface area (Å²) in [6, 6.07) is 1.58. The van der Waals surface area contributed by atoms with Crippen LogP contribution in [-0.2, 0) is 17.9 Å². The molecule has 0 unspecified atom stereocenters. The van der Waals surface area contributed by atoms with Gasteiger partial charge in [0.2, 0.25) is 5.82 Å². The predicted octanol–water partition coefficient (Wildman–Crippen LogP) is 1.43. The van der Waals surface area contributed by atoms with Crippen molar-refractivity contribution >= 4 is 17.3 Å². The normalized spacial score (nSPS) is 10.5. The first kappa shape index (κ1) is 15.6. The third kappa shape index (κ3) is 3.44. The third-order valence-electron chi connectivity index (χ3n) is 2.98. The van der Waals surface area contributed by atoms with Crippen LogP contribution in [-0.4, -0.2) is 27.0 Å². The van der Waals surface area contributed by atoms with E-state index in [0.717, 1.165) is 0 Å². The summed E-state index contributed by atoms with van der Waals surface area (Å²) in [4.78, 5) is 22.8. The number of rotatable bonds is 6. The lowest BCUT2D eigenvalue weighted by Gasteiger charge is -2.09. The number of nitrogens with zero attached hydrogens (tertiary/aromatic N) is 4. The van der Waals surface area contributed by atoms with E-state index in [4.69, 9.17) is 10.5 Å². The maximum absolute atomic E-state index is 11.1. The predicted molar refractivity (Wildman–Crippen MR) is 80.1 cm³/mol. The molecule has 0 saturated carbocycles. The van der Waals surface area contributed by atoms with E-state index in [-0.39, 0.29) is 24.7 Å². The van der Waals surface area contributed by atoms with Crippen molar-refractivity contribution in [1.29, 1.82) is 0 Å². The average molecular weight is 304 g/mol. The molecule has 2 aromatic rings. The summed E-state index contributed by atoms with van der Waals surface area (Å²) in [6.45, 7) is 2.15. The summed E-state index contributed by atoms with van der Waals surface area (Å²) in [5.41, 5.74) is 6.94. The summed E-state index contributed by atoms with van der Waals surface area (Å²) in [7, 11) is 1.54. The van der Waals surface area contributed by atoms with Gasteiger partial charge in [0.05, 0.1) is 4.92 Å². The summed E-state index contributed by atoms with van der Waals surface area (Å²) < 4.78 is 4.93. The molecule has 0 bridgehead atoms. The second-order valence-corrected chi connectivity index (χ2v) is 4.57. The van der Waals surface area contributed by atoms with Crippen molar-refractivity contribution < 1.29 is 9.66 Å². The Morgan fingerprint density at radius 2 is 2.23 bits per heavy atom. The smallest absolute Gasteiger partial charge is 0.314 e. The average Bonchev–Trinajstić information content (AvgIpc) is 2.46. The van der Waals surface area contributed by atoms with Gasteiger partial charge >= 0.3 is 5.69 Å². The second-order valence-electron chi connectivity index (χ2n) is 4.57. The zero-order chi connectivity index (χ0) is 16.1. The van der Waals surface area contributed by atoms with E-state index in [1.165, 1.54) is 13.3 Å². The van der Waals surface area contributed by atoms with Crippen molar-refractivity contribution in [3.8, 4) is 0 Å². The highest BCUT2D eigenvalue weighted by Crippen LogP contribution is 2.26. The highest BCUT2D eigenvalue weighted by Gasteiger charge is 2.18. The fourth-order valence-corrected chi connectivity index (χ4v) is 1.88. The Kier molecular flexibility index (Phi) is 4.79. The molecule has 3 N–H and O–H groups in total. The zero-order valence-corrected chi connectivity index (χ0v) is 12.2. The molecule has 0 aliphatic rings. The van der Waals surface area contributed by atoms with Crippen molar-refractivity contribution in [2.75, 3.05) is 18.2 Å². The summed E-state index contributed by atoms with van der Waals surface area (Å²) >= 11 is 0. The number of nitrogen functional groups attached to an aromatic ring is 1. The molecule has 2 aromatic heterocycles. The molecule has 2 heterocycles. The Morgan fingerprint density at radius 3 is 2.86 bits per heavy atom. The largest absolute Gasteiger partial charge is 0.383 e. The number of hydrogen-bond donors (Lipinski definition) is 2. The molecule has 0 atom stereocenters. The van der Waals surface area contributed by atoms with Crippen LogP contribution >= 0.6 is 0 Å². The lowest BCUT2D eigenvalue weighted by Crippen LogP contribution is -2.10. The highest BCUT2D eigenvalue weighted by atomic mass is 16.6. The molecule has 0 radical (unpaired) electrons. The third-order valence-corrected chi connectivity index (χ3v) is 2.98. The van der Waals surface area contributed by atoms with E-state index in [9.17, 15) is 10.1 Å². The number of methoxy groups -OCH3 is 1. The quantitative estimate of drug-likeness (QED) is 0.605. The summed E-state index contributed by atoms with van der Waals surface area (Å²) in [5, 5.41) is 14.0. The van der Waals surface area contributed by atoms with E-state index < -0.39 is 4.92 Å². The number of nitrogens with one attached hydrogen (secondary N) is 1. The Hall–Kier alpha value is -2.81. The maximum atomic E-state index is 11.1. The molecule has 2 rings (SSSR count). The molecular formula is C13H16N6O3. The molecule has 0 aromatic carbocycles. The number of nitrogens with two attached hydrogens (primary N) is 1. The standard InChI is InChI=1S/C13H16N6O3/c1-8-3-4-15-13(11(8)19(20)21)17-6-9-5-16-10(7-22-2)18-12(9)14/h3-5H,6-7H2,1-2H3,(H,15,17)(H2,14,16,18). The van der Waals surface area contributed by atoms with Gasteiger partial charge in [-0.1, -0.05) is 0 Å². The SMILES string of the molecule is COCc1ncc(CNc2nccc(C)c2[N+](=O)[O-])c(N)n1. The molecule has 22 heavy (non-hydrogen) atoms. The van der Waals surface area contributed by atoms with Crippen molar-refractivity contribution in [1.82, 2.24) is 15.0 Å². The first-order valence-electron chi connectivity index (χ1n) is 6.46. The molecule has 0 aliphatic heterocycles. The van der Waals surface area contributed by atoms with Gasteiger partial charge in [-0.15, -0.1) is 0 Å². The van der Waals surface area contributed by atoms with Gasteiger partial charge in [0.1, 0.15) is 12.4 Å². The minimum Gasteiger partial charge on any atom is -0.383 e. The molecular weight excluding hydrogens is 288 g/mol. The Balaban J connectivity index is 2.17. The van der Waals surface area contributed by atoms with E-state index in [0.29, 0.717) is 22.8 Å². The lowest BCUT2D eigenvalue weighted by molar-refractivity contribution is -0.384. The van der Waals surface area contributed by atoms with Gasteiger partial charge in [0, 0.05) is 37.2 Å². The topological polar surface area (TPSA) is 129 Å². The zero-order valence-electron chi connectivity index (χ0n) is 12.2. The van der Waals surface area contributed by atoms with Gasteiger partial charge in [0.15, 0.2) is 5.82 Å². The van der Waals surface area contributed by atoms with Gasteiger partial charge in [-0.25, -0.2) is 15.0 Å². The number of aryl methyl sites for hydroxylation is 1. The Labute approximate surface area is 126 Å². The molecule has 116 valence electrons.